The quantitative estimate of drug-likeness (QED) is 0.595. The Morgan fingerprint density at radius 3 is 2.30 bits per heavy atom. The molecular weight excluding hydrogens is 486 g/mol. The van der Waals surface area contributed by atoms with E-state index in [1.807, 2.05) is 19.1 Å². The maximum Gasteiger partial charge on any atom is 0.407 e. The van der Waals surface area contributed by atoms with Gasteiger partial charge in [0, 0.05) is 36.3 Å². The first-order chi connectivity index (χ1) is 17.7. The second-order valence-corrected chi connectivity index (χ2v) is 9.68. The van der Waals surface area contributed by atoms with Gasteiger partial charge in [-0.15, -0.1) is 0 Å². The molecule has 0 aromatic heterocycles. The number of rotatable bonds is 5. The van der Waals surface area contributed by atoms with Gasteiger partial charge in [-0.1, -0.05) is 17.7 Å². The van der Waals surface area contributed by atoms with Crippen LogP contribution in [0.15, 0.2) is 36.4 Å². The van der Waals surface area contributed by atoms with Crippen molar-refractivity contribution in [2.45, 2.75) is 37.8 Å². The third-order valence-corrected chi connectivity index (χ3v) is 6.93. The molecule has 3 aliphatic rings. The molecular formula is C26H26F2N4O5. The molecule has 3 saturated heterocycles. The highest BCUT2D eigenvalue weighted by Gasteiger charge is 2.37. The van der Waals surface area contributed by atoms with Gasteiger partial charge in [0.1, 0.15) is 17.7 Å². The number of anilines is 1. The van der Waals surface area contributed by atoms with Crippen LogP contribution in [0.3, 0.4) is 0 Å². The first-order valence-corrected chi connectivity index (χ1v) is 12.1. The molecule has 1 unspecified atom stereocenters. The van der Waals surface area contributed by atoms with Crippen LogP contribution >= 0.6 is 0 Å². The van der Waals surface area contributed by atoms with Gasteiger partial charge in [-0.2, -0.15) is 0 Å². The topological polar surface area (TPSA) is 108 Å². The molecule has 0 bridgehead atoms. The monoisotopic (exact) mass is 512 g/mol. The summed E-state index contributed by atoms with van der Waals surface area (Å²) in [5, 5.41) is 4.83. The number of hydrogen-bond donors (Lipinski definition) is 2. The van der Waals surface area contributed by atoms with E-state index in [-0.39, 0.29) is 30.4 Å². The Bertz CT molecular complexity index is 1230. The number of likely N-dealkylation sites (tertiary alicyclic amines) is 1. The minimum absolute atomic E-state index is 0.0224. The second-order valence-electron chi connectivity index (χ2n) is 9.68. The van der Waals surface area contributed by atoms with E-state index in [0.29, 0.717) is 37.4 Å². The molecule has 9 nitrogen and oxygen atoms in total. The summed E-state index contributed by atoms with van der Waals surface area (Å²) in [7, 11) is 0. The average molecular weight is 513 g/mol. The fourth-order valence-electron chi connectivity index (χ4n) is 4.75. The SMILES string of the molecule is Cc1ccc(C(=O)N2CC(OC(=O)NC3CN(c4cc(F)c(C5CCC(=O)NC5=O)c(F)c4)C3)C2)cc1. The number of amides is 4. The van der Waals surface area contributed by atoms with Crippen molar-refractivity contribution >= 4 is 29.5 Å². The number of piperidine rings is 1. The van der Waals surface area contributed by atoms with E-state index in [0.717, 1.165) is 17.7 Å². The first kappa shape index (κ1) is 24.7. The van der Waals surface area contributed by atoms with Crippen LogP contribution in [0, 0.1) is 18.6 Å². The number of carbonyl (C=O) groups excluding carboxylic acids is 4. The number of halogens is 2. The van der Waals surface area contributed by atoms with Crippen molar-refractivity contribution in [1.29, 1.82) is 0 Å². The Morgan fingerprint density at radius 1 is 1.03 bits per heavy atom. The van der Waals surface area contributed by atoms with Crippen molar-refractivity contribution in [3.63, 3.8) is 0 Å². The lowest BCUT2D eigenvalue weighted by Crippen LogP contribution is -2.61. The predicted molar refractivity (Wildman–Crippen MR) is 128 cm³/mol. The largest absolute Gasteiger partial charge is 0.442 e. The second kappa shape index (κ2) is 9.79. The molecule has 1 atom stereocenters. The van der Waals surface area contributed by atoms with Gasteiger partial charge in [-0.3, -0.25) is 19.7 Å². The summed E-state index contributed by atoms with van der Waals surface area (Å²) in [5.41, 5.74) is 1.60. The van der Waals surface area contributed by atoms with E-state index in [1.165, 1.54) is 0 Å². The van der Waals surface area contributed by atoms with Crippen LogP contribution in [-0.4, -0.2) is 67.0 Å². The molecule has 3 heterocycles. The molecule has 11 heteroatoms. The summed E-state index contributed by atoms with van der Waals surface area (Å²) in [6.45, 7) is 3.23. The molecule has 0 aliphatic carbocycles. The third kappa shape index (κ3) is 5.11. The van der Waals surface area contributed by atoms with Crippen molar-refractivity contribution in [2.24, 2.45) is 0 Å². The number of carbonyl (C=O) groups is 4. The maximum atomic E-state index is 14.7. The van der Waals surface area contributed by atoms with E-state index >= 15 is 0 Å². The third-order valence-electron chi connectivity index (χ3n) is 6.93. The van der Waals surface area contributed by atoms with Crippen LogP contribution in [0.4, 0.5) is 19.3 Å². The van der Waals surface area contributed by atoms with Crippen LogP contribution in [0.1, 0.15) is 40.2 Å². The highest BCUT2D eigenvalue weighted by Crippen LogP contribution is 2.33. The highest BCUT2D eigenvalue weighted by molar-refractivity contribution is 6.01. The summed E-state index contributed by atoms with van der Waals surface area (Å²) >= 11 is 0. The molecule has 194 valence electrons. The summed E-state index contributed by atoms with van der Waals surface area (Å²) in [6.07, 6.45) is -0.931. The van der Waals surface area contributed by atoms with Gasteiger partial charge in [0.25, 0.3) is 5.91 Å². The van der Waals surface area contributed by atoms with Crippen LogP contribution < -0.4 is 15.5 Å². The molecule has 4 amide bonds. The highest BCUT2D eigenvalue weighted by atomic mass is 19.1. The van der Waals surface area contributed by atoms with Crippen molar-refractivity contribution in [2.75, 3.05) is 31.1 Å². The number of nitrogens with zero attached hydrogens (tertiary/aromatic N) is 2. The number of aryl methyl sites for hydroxylation is 1. The van der Waals surface area contributed by atoms with Gasteiger partial charge < -0.3 is 19.9 Å². The van der Waals surface area contributed by atoms with Gasteiger partial charge in [-0.05, 0) is 37.6 Å². The zero-order valence-corrected chi connectivity index (χ0v) is 20.1. The normalized spacial score (nSPS) is 20.1. The number of nitrogens with one attached hydrogen (secondary N) is 2. The van der Waals surface area contributed by atoms with Gasteiger partial charge in [0.15, 0.2) is 0 Å². The Balaban J connectivity index is 1.08. The lowest BCUT2D eigenvalue weighted by molar-refractivity contribution is -0.134. The van der Waals surface area contributed by atoms with Crippen molar-refractivity contribution in [3.8, 4) is 0 Å². The number of imide groups is 1. The van der Waals surface area contributed by atoms with E-state index in [1.54, 1.807) is 21.9 Å². The molecule has 2 aromatic rings. The molecule has 37 heavy (non-hydrogen) atoms. The lowest BCUT2D eigenvalue weighted by atomic mass is 9.89. The molecule has 0 radical (unpaired) electrons. The summed E-state index contributed by atoms with van der Waals surface area (Å²) in [6, 6.07) is 9.31. The van der Waals surface area contributed by atoms with Crippen molar-refractivity contribution in [1.82, 2.24) is 15.5 Å². The Morgan fingerprint density at radius 2 is 1.68 bits per heavy atom. The van der Waals surface area contributed by atoms with Crippen molar-refractivity contribution in [3.05, 3.63) is 64.7 Å². The molecule has 3 aliphatic heterocycles. The Hall–Kier alpha value is -4.02. The van der Waals surface area contributed by atoms with E-state index < -0.39 is 41.6 Å². The standard InChI is InChI=1S/C26H26F2N4O5/c1-14-2-4-15(5-3-14)25(35)32-12-18(13-32)37-26(36)29-16-10-31(11-16)17-8-20(27)23(21(28)9-17)19-6-7-22(33)30-24(19)34/h2-5,8-9,16,18-19H,6-7,10-13H2,1H3,(H,29,36)(H,30,33,34). The summed E-state index contributed by atoms with van der Waals surface area (Å²) < 4.78 is 34.9. The fraction of sp³-hybridized carbons (Fsp3) is 0.385. The number of alkyl carbamates (subject to hydrolysis) is 1. The molecule has 0 spiro atoms. The molecule has 2 N–H and O–H groups in total. The average Bonchev–Trinajstić information content (AvgIpc) is 2.79. The van der Waals surface area contributed by atoms with Crippen LogP contribution in [-0.2, 0) is 14.3 Å². The zero-order chi connectivity index (χ0) is 26.3. The first-order valence-electron chi connectivity index (χ1n) is 12.1. The van der Waals surface area contributed by atoms with E-state index in [2.05, 4.69) is 10.6 Å². The van der Waals surface area contributed by atoms with Crippen LogP contribution in [0.5, 0.6) is 0 Å². The summed E-state index contributed by atoms with van der Waals surface area (Å²) in [5.74, 6) is -4.03. The summed E-state index contributed by atoms with van der Waals surface area (Å²) in [4.78, 5) is 51.3. The van der Waals surface area contributed by atoms with Gasteiger partial charge in [0.05, 0.1) is 25.0 Å². The fourth-order valence-corrected chi connectivity index (χ4v) is 4.75. The number of benzene rings is 2. The van der Waals surface area contributed by atoms with Crippen LogP contribution in [0.25, 0.3) is 0 Å². The molecule has 5 rings (SSSR count). The molecule has 0 saturated carbocycles. The smallest absolute Gasteiger partial charge is 0.407 e. The van der Waals surface area contributed by atoms with Crippen LogP contribution in [0.2, 0.25) is 0 Å². The predicted octanol–water partition coefficient (Wildman–Crippen LogP) is 2.23. The maximum absolute atomic E-state index is 14.7. The van der Waals surface area contributed by atoms with Gasteiger partial charge in [-0.25, -0.2) is 13.6 Å². The Kier molecular flexibility index (Phi) is 6.53. The minimum Gasteiger partial charge on any atom is -0.442 e. The zero-order valence-electron chi connectivity index (χ0n) is 20.1. The molecule has 2 aromatic carbocycles. The minimum atomic E-state index is -1.05. The Labute approximate surface area is 211 Å². The molecule has 3 fully saturated rings. The van der Waals surface area contributed by atoms with E-state index in [9.17, 15) is 28.0 Å². The van der Waals surface area contributed by atoms with E-state index in [4.69, 9.17) is 4.74 Å². The number of hydrogen-bond acceptors (Lipinski definition) is 6. The van der Waals surface area contributed by atoms with Crippen molar-refractivity contribution < 1.29 is 32.7 Å². The lowest BCUT2D eigenvalue weighted by Gasteiger charge is -2.42. The number of ether oxygens (including phenoxy) is 1. The van der Waals surface area contributed by atoms with Gasteiger partial charge >= 0.3 is 6.09 Å². The van der Waals surface area contributed by atoms with Gasteiger partial charge in [0.2, 0.25) is 11.8 Å².